The summed E-state index contributed by atoms with van der Waals surface area (Å²) in [6.07, 6.45) is 5.17. The Morgan fingerprint density at radius 1 is 0.881 bits per heavy atom. The van der Waals surface area contributed by atoms with Crippen LogP contribution in [0.2, 0.25) is 5.02 Å². The predicted molar refractivity (Wildman–Crippen MR) is 159 cm³/mol. The van der Waals surface area contributed by atoms with Gasteiger partial charge in [-0.15, -0.1) is 0 Å². The molecule has 0 atom stereocenters. The van der Waals surface area contributed by atoms with Gasteiger partial charge in [-0.1, -0.05) is 54.1 Å². The molecule has 0 fully saturated rings. The number of carbonyl (C=O) groups is 1. The fourth-order valence-electron chi connectivity index (χ4n) is 4.91. The van der Waals surface area contributed by atoms with E-state index in [4.69, 9.17) is 11.6 Å². The Hall–Kier alpha value is -5.08. The number of benzene rings is 3. The predicted octanol–water partition coefficient (Wildman–Crippen LogP) is 6.76. The number of amides is 1. The molecule has 0 aliphatic heterocycles. The lowest BCUT2D eigenvalue weighted by atomic mass is 10.0. The normalized spacial score (nSPS) is 11.1. The summed E-state index contributed by atoms with van der Waals surface area (Å²) in [4.78, 5) is 30.6. The second kappa shape index (κ2) is 11.4. The van der Waals surface area contributed by atoms with Crippen molar-refractivity contribution >= 4 is 28.5 Å². The van der Waals surface area contributed by atoms with E-state index in [1.807, 2.05) is 65.4 Å². The zero-order valence-corrected chi connectivity index (χ0v) is 22.9. The molecule has 3 aromatic carbocycles. The quantitative estimate of drug-likeness (QED) is 0.227. The molecule has 0 saturated carbocycles. The molecular weight excluding hydrogens is 558 g/mol. The van der Waals surface area contributed by atoms with E-state index >= 15 is 0 Å². The van der Waals surface area contributed by atoms with Gasteiger partial charge in [-0.05, 0) is 65.2 Å². The van der Waals surface area contributed by atoms with Crippen molar-refractivity contribution in [3.63, 3.8) is 0 Å². The zero-order valence-electron chi connectivity index (χ0n) is 22.1. The smallest absolute Gasteiger partial charge is 0.263 e. The molecule has 0 radical (unpaired) electrons. The molecule has 1 amide bonds. The van der Waals surface area contributed by atoms with Crippen LogP contribution in [0.5, 0.6) is 0 Å². The molecule has 3 aromatic heterocycles. The van der Waals surface area contributed by atoms with Crippen molar-refractivity contribution < 1.29 is 13.6 Å². The molecule has 1 N–H and O–H groups in total. The van der Waals surface area contributed by atoms with Crippen molar-refractivity contribution in [2.75, 3.05) is 0 Å². The second-order valence-corrected chi connectivity index (χ2v) is 10.1. The van der Waals surface area contributed by atoms with Gasteiger partial charge in [0.1, 0.15) is 11.2 Å². The van der Waals surface area contributed by atoms with Crippen LogP contribution in [0.1, 0.15) is 21.5 Å². The molecule has 0 aliphatic carbocycles. The molecule has 6 aromatic rings. The van der Waals surface area contributed by atoms with Gasteiger partial charge in [-0.2, -0.15) is 0 Å². The van der Waals surface area contributed by atoms with Gasteiger partial charge < -0.3 is 14.5 Å². The molecule has 9 heteroatoms. The summed E-state index contributed by atoms with van der Waals surface area (Å²) in [5.74, 6) is -2.51. The highest BCUT2D eigenvalue weighted by Gasteiger charge is 2.17. The minimum Gasteiger partial charge on any atom is -0.348 e. The first-order valence-corrected chi connectivity index (χ1v) is 13.5. The highest BCUT2D eigenvalue weighted by Crippen LogP contribution is 2.36. The number of hydrogen-bond acceptors (Lipinski definition) is 3. The summed E-state index contributed by atoms with van der Waals surface area (Å²) in [6.45, 7) is 0.167. The van der Waals surface area contributed by atoms with Gasteiger partial charge >= 0.3 is 0 Å². The van der Waals surface area contributed by atoms with Gasteiger partial charge in [0, 0.05) is 41.8 Å². The van der Waals surface area contributed by atoms with E-state index < -0.39 is 23.1 Å². The lowest BCUT2D eigenvalue weighted by molar-refractivity contribution is 0.0948. The fraction of sp³-hybridized carbons (Fsp3) is 0.0606. The van der Waals surface area contributed by atoms with Crippen LogP contribution in [0.3, 0.4) is 0 Å². The van der Waals surface area contributed by atoms with Gasteiger partial charge in [0.25, 0.3) is 11.5 Å². The number of rotatable bonds is 7. The molecule has 6 rings (SSSR count). The number of aromatic nitrogens is 3. The Bertz CT molecular complexity index is 2000. The molecule has 6 nitrogen and oxygen atoms in total. The number of pyridine rings is 2. The van der Waals surface area contributed by atoms with Crippen LogP contribution in [0.15, 0.2) is 114 Å². The van der Waals surface area contributed by atoms with Crippen LogP contribution in [0, 0.1) is 11.6 Å². The number of hydrogen-bond donors (Lipinski definition) is 1. The van der Waals surface area contributed by atoms with E-state index in [1.165, 1.54) is 22.9 Å². The first-order valence-electron chi connectivity index (χ1n) is 13.1. The SMILES string of the molecule is O=C(NCc1cccc(-c2cn(-c3ccccc3)c3nccc(Cl)c23)c1)c1cccn(Cc2ccc(F)c(F)c2)c1=O. The van der Waals surface area contributed by atoms with Crippen molar-refractivity contribution in [3.8, 4) is 16.8 Å². The summed E-state index contributed by atoms with van der Waals surface area (Å²) < 4.78 is 30.2. The Morgan fingerprint density at radius 3 is 2.52 bits per heavy atom. The van der Waals surface area contributed by atoms with E-state index in [-0.39, 0.29) is 18.7 Å². The molecular formula is C33H23ClF2N4O2. The van der Waals surface area contributed by atoms with E-state index in [0.717, 1.165) is 45.5 Å². The Kier molecular flexibility index (Phi) is 7.37. The maximum atomic E-state index is 13.6. The van der Waals surface area contributed by atoms with Crippen molar-refractivity contribution in [2.45, 2.75) is 13.1 Å². The molecule has 208 valence electrons. The highest BCUT2D eigenvalue weighted by molar-refractivity contribution is 6.36. The third-order valence-corrected chi connectivity index (χ3v) is 7.28. The topological polar surface area (TPSA) is 68.9 Å². The van der Waals surface area contributed by atoms with Crippen molar-refractivity contribution in [1.82, 2.24) is 19.4 Å². The van der Waals surface area contributed by atoms with E-state index in [2.05, 4.69) is 10.3 Å². The second-order valence-electron chi connectivity index (χ2n) is 9.73. The van der Waals surface area contributed by atoms with Gasteiger partial charge in [-0.3, -0.25) is 9.59 Å². The molecule has 0 bridgehead atoms. The lowest BCUT2D eigenvalue weighted by Crippen LogP contribution is -2.32. The lowest BCUT2D eigenvalue weighted by Gasteiger charge is -2.10. The van der Waals surface area contributed by atoms with E-state index in [0.29, 0.717) is 10.6 Å². The maximum Gasteiger partial charge on any atom is 0.263 e. The third kappa shape index (κ3) is 5.32. The summed E-state index contributed by atoms with van der Waals surface area (Å²) in [5.41, 5.74) is 4.09. The first kappa shape index (κ1) is 27.1. The van der Waals surface area contributed by atoms with Crippen LogP contribution in [0.4, 0.5) is 8.78 Å². The van der Waals surface area contributed by atoms with Crippen molar-refractivity contribution in [3.05, 3.63) is 153 Å². The first-order chi connectivity index (χ1) is 20.4. The van der Waals surface area contributed by atoms with Gasteiger partial charge in [0.2, 0.25) is 0 Å². The average molecular weight is 581 g/mol. The van der Waals surface area contributed by atoms with Crippen LogP contribution in [-0.4, -0.2) is 20.0 Å². The number of fused-ring (bicyclic) bond motifs is 1. The van der Waals surface area contributed by atoms with Crippen molar-refractivity contribution in [1.29, 1.82) is 0 Å². The van der Waals surface area contributed by atoms with Crippen molar-refractivity contribution in [2.24, 2.45) is 0 Å². The summed E-state index contributed by atoms with van der Waals surface area (Å²) in [7, 11) is 0. The molecule has 42 heavy (non-hydrogen) atoms. The minimum absolute atomic E-state index is 0.00675. The Labute approximate surface area is 244 Å². The molecule has 0 unspecified atom stereocenters. The summed E-state index contributed by atoms with van der Waals surface area (Å²) in [6, 6.07) is 25.7. The number of nitrogens with one attached hydrogen (secondary N) is 1. The molecule has 0 aliphatic rings. The molecule has 0 saturated heterocycles. The minimum atomic E-state index is -1.00. The standard InChI is InChI=1S/C33H23ClF2N4O2/c34-27-13-14-37-31-30(27)26(20-40(31)24-8-2-1-3-9-24)23-7-4-6-21(16-23)18-38-32(41)25-10-5-15-39(33(25)42)19-22-11-12-28(35)29(36)17-22/h1-17,20H,18-19H2,(H,38,41). The van der Waals surface area contributed by atoms with Gasteiger partial charge in [-0.25, -0.2) is 13.8 Å². The van der Waals surface area contributed by atoms with Crippen LogP contribution >= 0.6 is 11.6 Å². The number of carbonyl (C=O) groups excluding carboxylic acids is 1. The van der Waals surface area contributed by atoms with Gasteiger partial charge in [0.15, 0.2) is 11.6 Å². The highest BCUT2D eigenvalue weighted by atomic mass is 35.5. The van der Waals surface area contributed by atoms with E-state index in [1.54, 1.807) is 18.3 Å². The van der Waals surface area contributed by atoms with E-state index in [9.17, 15) is 18.4 Å². The van der Waals surface area contributed by atoms with Crippen LogP contribution < -0.4 is 10.9 Å². The third-order valence-electron chi connectivity index (χ3n) is 6.96. The maximum absolute atomic E-state index is 13.6. The Morgan fingerprint density at radius 2 is 1.71 bits per heavy atom. The van der Waals surface area contributed by atoms with Crippen LogP contribution in [0.25, 0.3) is 27.8 Å². The van der Waals surface area contributed by atoms with Gasteiger partial charge in [0.05, 0.1) is 11.6 Å². The average Bonchev–Trinajstić information content (AvgIpc) is 3.41. The largest absolute Gasteiger partial charge is 0.348 e. The monoisotopic (exact) mass is 580 g/mol. The van der Waals surface area contributed by atoms with Crippen LogP contribution in [-0.2, 0) is 13.1 Å². The zero-order chi connectivity index (χ0) is 29.2. The Balaban J connectivity index is 1.24. The summed E-state index contributed by atoms with van der Waals surface area (Å²) >= 11 is 6.64. The molecule has 3 heterocycles. The molecule has 0 spiro atoms. The fourth-order valence-corrected chi connectivity index (χ4v) is 5.16. The number of para-hydroxylation sites is 1. The summed E-state index contributed by atoms with van der Waals surface area (Å²) in [5, 5.41) is 4.21. The number of nitrogens with zero attached hydrogens (tertiary/aromatic N) is 3. The number of halogens is 3.